The quantitative estimate of drug-likeness (QED) is 0.675. The number of hydrogen-bond acceptors (Lipinski definition) is 3. The average Bonchev–Trinajstić information content (AvgIpc) is 2.01. The number of rotatable bonds is 4. The molecule has 4 nitrogen and oxygen atoms in total. The van der Waals surface area contributed by atoms with Crippen LogP contribution in [0.1, 0.15) is 27.2 Å². The lowest BCUT2D eigenvalue weighted by atomic mass is 9.83. The van der Waals surface area contributed by atoms with Crippen molar-refractivity contribution in [2.75, 3.05) is 7.11 Å². The second kappa shape index (κ2) is 4.25. The van der Waals surface area contributed by atoms with E-state index in [4.69, 9.17) is 5.11 Å². The van der Waals surface area contributed by atoms with Crippen LogP contribution in [0.3, 0.4) is 0 Å². The predicted molar refractivity (Wildman–Crippen MR) is 47.2 cm³/mol. The Hall–Kier alpha value is -1.06. The minimum atomic E-state index is -0.900. The van der Waals surface area contributed by atoms with Gasteiger partial charge in [0, 0.05) is 0 Å². The molecule has 0 saturated heterocycles. The van der Waals surface area contributed by atoms with E-state index < -0.39 is 11.4 Å². The Balaban J connectivity index is 4.27. The van der Waals surface area contributed by atoms with Gasteiger partial charge in [0.1, 0.15) is 0 Å². The van der Waals surface area contributed by atoms with Gasteiger partial charge in [0.05, 0.1) is 18.4 Å². The van der Waals surface area contributed by atoms with Crippen LogP contribution in [-0.2, 0) is 14.3 Å². The van der Waals surface area contributed by atoms with Crippen molar-refractivity contribution in [1.82, 2.24) is 0 Å². The maximum Gasteiger partial charge on any atom is 0.309 e. The number of aliphatic carboxylic acids is 1. The second-order valence-corrected chi connectivity index (χ2v) is 3.82. The second-order valence-electron chi connectivity index (χ2n) is 3.82. The van der Waals surface area contributed by atoms with E-state index in [0.717, 1.165) is 0 Å². The molecule has 0 heterocycles. The van der Waals surface area contributed by atoms with E-state index in [-0.39, 0.29) is 18.3 Å². The molecule has 0 aromatic rings. The fraction of sp³-hybridized carbons (Fsp3) is 0.778. The summed E-state index contributed by atoms with van der Waals surface area (Å²) in [6.45, 7) is 4.85. The number of carbonyl (C=O) groups excluding carboxylic acids is 1. The van der Waals surface area contributed by atoms with Crippen molar-refractivity contribution < 1.29 is 19.4 Å². The molecule has 0 aromatic heterocycles. The fourth-order valence-electron chi connectivity index (χ4n) is 1.14. The summed E-state index contributed by atoms with van der Waals surface area (Å²) in [4.78, 5) is 21.7. The van der Waals surface area contributed by atoms with Crippen LogP contribution in [0.25, 0.3) is 0 Å². The fourth-order valence-corrected chi connectivity index (χ4v) is 1.14. The highest BCUT2D eigenvalue weighted by Crippen LogP contribution is 2.25. The molecule has 0 aromatic carbocycles. The first kappa shape index (κ1) is 11.9. The molecule has 0 rings (SSSR count). The summed E-state index contributed by atoms with van der Waals surface area (Å²) >= 11 is 0. The largest absolute Gasteiger partial charge is 0.481 e. The summed E-state index contributed by atoms with van der Waals surface area (Å²) in [6, 6.07) is 0. The third-order valence-corrected chi connectivity index (χ3v) is 2.00. The van der Waals surface area contributed by atoms with E-state index in [2.05, 4.69) is 4.74 Å². The highest BCUT2D eigenvalue weighted by atomic mass is 16.5. The van der Waals surface area contributed by atoms with Crippen molar-refractivity contribution in [3.63, 3.8) is 0 Å². The van der Waals surface area contributed by atoms with E-state index >= 15 is 0 Å². The van der Waals surface area contributed by atoms with Crippen molar-refractivity contribution in [3.05, 3.63) is 0 Å². The van der Waals surface area contributed by atoms with Gasteiger partial charge in [-0.1, -0.05) is 6.92 Å². The molecule has 1 atom stereocenters. The third kappa shape index (κ3) is 3.44. The Bertz CT molecular complexity index is 208. The summed E-state index contributed by atoms with van der Waals surface area (Å²) in [5.41, 5.74) is -0.881. The van der Waals surface area contributed by atoms with E-state index in [1.165, 1.54) is 7.11 Å². The highest BCUT2D eigenvalue weighted by molar-refractivity contribution is 5.76. The van der Waals surface area contributed by atoms with Gasteiger partial charge in [-0.15, -0.1) is 0 Å². The van der Waals surface area contributed by atoms with Gasteiger partial charge in [0.15, 0.2) is 0 Å². The molecule has 4 heteroatoms. The standard InChI is InChI=1S/C9H16O4/c1-6(7(10)13-4)5-9(2,3)8(11)12/h6H,5H2,1-4H3,(H,11,12). The maximum absolute atomic E-state index is 11.0. The van der Waals surface area contributed by atoms with Crippen molar-refractivity contribution in [3.8, 4) is 0 Å². The zero-order valence-electron chi connectivity index (χ0n) is 8.46. The van der Waals surface area contributed by atoms with E-state index in [1.54, 1.807) is 20.8 Å². The lowest BCUT2D eigenvalue weighted by Gasteiger charge is -2.21. The molecule has 0 radical (unpaired) electrons. The van der Waals surface area contributed by atoms with Gasteiger partial charge < -0.3 is 9.84 Å². The van der Waals surface area contributed by atoms with Crippen molar-refractivity contribution in [2.45, 2.75) is 27.2 Å². The topological polar surface area (TPSA) is 63.6 Å². The molecule has 0 spiro atoms. The summed E-state index contributed by atoms with van der Waals surface area (Å²) in [7, 11) is 1.30. The Kier molecular flexibility index (Phi) is 3.91. The number of carbonyl (C=O) groups is 2. The van der Waals surface area contributed by atoms with Crippen LogP contribution in [0.15, 0.2) is 0 Å². The number of carboxylic acids is 1. The molecule has 0 amide bonds. The molecule has 76 valence electrons. The molecule has 1 N–H and O–H groups in total. The number of carboxylic acid groups (broad SMARTS) is 1. The van der Waals surface area contributed by atoms with Gasteiger partial charge in [-0.3, -0.25) is 9.59 Å². The summed E-state index contributed by atoms with van der Waals surface area (Å²) in [6.07, 6.45) is 0.287. The molecular formula is C9H16O4. The zero-order chi connectivity index (χ0) is 10.6. The zero-order valence-corrected chi connectivity index (χ0v) is 8.46. The Labute approximate surface area is 77.9 Å². The van der Waals surface area contributed by atoms with Crippen LogP contribution in [0.5, 0.6) is 0 Å². The SMILES string of the molecule is COC(=O)C(C)CC(C)(C)C(=O)O. The van der Waals surface area contributed by atoms with Crippen LogP contribution < -0.4 is 0 Å². The van der Waals surface area contributed by atoms with Crippen LogP contribution in [0.2, 0.25) is 0 Å². The van der Waals surface area contributed by atoms with Crippen LogP contribution >= 0.6 is 0 Å². The maximum atomic E-state index is 11.0. The summed E-state index contributed by atoms with van der Waals surface area (Å²) in [5, 5.41) is 8.79. The minimum absolute atomic E-state index is 0.287. The Morgan fingerprint density at radius 1 is 1.46 bits per heavy atom. The Morgan fingerprint density at radius 3 is 2.23 bits per heavy atom. The molecule has 13 heavy (non-hydrogen) atoms. The van der Waals surface area contributed by atoms with Gasteiger partial charge in [-0.05, 0) is 20.3 Å². The lowest BCUT2D eigenvalue weighted by molar-refractivity contribution is -0.151. The average molecular weight is 188 g/mol. The Morgan fingerprint density at radius 2 is 1.92 bits per heavy atom. The first-order chi connectivity index (χ1) is 5.81. The van der Waals surface area contributed by atoms with E-state index in [0.29, 0.717) is 0 Å². The first-order valence-electron chi connectivity index (χ1n) is 4.12. The molecule has 0 saturated carbocycles. The van der Waals surface area contributed by atoms with Crippen LogP contribution in [0, 0.1) is 11.3 Å². The highest BCUT2D eigenvalue weighted by Gasteiger charge is 2.31. The van der Waals surface area contributed by atoms with E-state index in [9.17, 15) is 9.59 Å². The third-order valence-electron chi connectivity index (χ3n) is 2.00. The molecule has 0 bridgehead atoms. The number of esters is 1. The molecule has 0 aliphatic rings. The minimum Gasteiger partial charge on any atom is -0.481 e. The van der Waals surface area contributed by atoms with Gasteiger partial charge in [0.2, 0.25) is 0 Å². The van der Waals surface area contributed by atoms with E-state index in [1.807, 2.05) is 0 Å². The van der Waals surface area contributed by atoms with Crippen molar-refractivity contribution >= 4 is 11.9 Å². The van der Waals surface area contributed by atoms with Gasteiger partial charge in [-0.25, -0.2) is 0 Å². The number of methoxy groups -OCH3 is 1. The summed E-state index contributed by atoms with van der Waals surface area (Å²) in [5.74, 6) is -1.64. The molecule has 0 aliphatic carbocycles. The molecule has 0 aliphatic heterocycles. The molecule has 1 unspecified atom stereocenters. The smallest absolute Gasteiger partial charge is 0.309 e. The van der Waals surface area contributed by atoms with Gasteiger partial charge in [-0.2, -0.15) is 0 Å². The lowest BCUT2D eigenvalue weighted by Crippen LogP contribution is -2.29. The van der Waals surface area contributed by atoms with Crippen molar-refractivity contribution in [1.29, 1.82) is 0 Å². The number of hydrogen-bond donors (Lipinski definition) is 1. The van der Waals surface area contributed by atoms with Gasteiger partial charge >= 0.3 is 11.9 Å². The van der Waals surface area contributed by atoms with Crippen LogP contribution in [-0.4, -0.2) is 24.2 Å². The van der Waals surface area contributed by atoms with Crippen LogP contribution in [0.4, 0.5) is 0 Å². The first-order valence-corrected chi connectivity index (χ1v) is 4.12. The number of ether oxygens (including phenoxy) is 1. The molecular weight excluding hydrogens is 172 g/mol. The van der Waals surface area contributed by atoms with Crippen molar-refractivity contribution in [2.24, 2.45) is 11.3 Å². The summed E-state index contributed by atoms with van der Waals surface area (Å²) < 4.78 is 4.51. The van der Waals surface area contributed by atoms with Gasteiger partial charge in [0.25, 0.3) is 0 Å². The monoisotopic (exact) mass is 188 g/mol. The predicted octanol–water partition coefficient (Wildman–Crippen LogP) is 1.30. The normalized spacial score (nSPS) is 13.5. The molecule has 0 fully saturated rings.